The van der Waals surface area contributed by atoms with E-state index in [9.17, 15) is 0 Å². The van der Waals surface area contributed by atoms with Gasteiger partial charge in [0, 0.05) is 15.7 Å². The third-order valence-corrected chi connectivity index (χ3v) is 4.74. The summed E-state index contributed by atoms with van der Waals surface area (Å²) in [4.78, 5) is 4.41. The average Bonchev–Trinajstić information content (AvgIpc) is 2.79. The molecule has 0 bridgehead atoms. The second-order valence-electron chi connectivity index (χ2n) is 6.53. The van der Waals surface area contributed by atoms with Crippen LogP contribution in [0.3, 0.4) is 0 Å². The lowest BCUT2D eigenvalue weighted by Crippen LogP contribution is -1.94. The van der Waals surface area contributed by atoms with Crippen LogP contribution in [0.15, 0.2) is 102 Å². The monoisotopic (exact) mass is 448 g/mol. The maximum atomic E-state index is 5.89. The van der Waals surface area contributed by atoms with E-state index in [0.717, 1.165) is 34.4 Å². The Hall–Kier alpha value is -3.47. The van der Waals surface area contributed by atoms with Crippen molar-refractivity contribution >= 4 is 40.9 Å². The summed E-state index contributed by atoms with van der Waals surface area (Å²) < 4.78 is 11.6. The minimum Gasteiger partial charge on any atom is -0.457 e. The highest BCUT2D eigenvalue weighted by molar-refractivity contribution is 6.30. The molecule has 154 valence electrons. The minimum absolute atomic E-state index is 0.674. The van der Waals surface area contributed by atoms with Gasteiger partial charge in [0.1, 0.15) is 23.0 Å². The van der Waals surface area contributed by atoms with Crippen LogP contribution in [0.2, 0.25) is 10.0 Å². The summed E-state index contributed by atoms with van der Waals surface area (Å²) in [6.07, 6.45) is 1.64. The molecule has 0 atom stereocenters. The van der Waals surface area contributed by atoms with Crippen molar-refractivity contribution in [3.05, 3.63) is 107 Å². The number of halogens is 2. The van der Waals surface area contributed by atoms with Crippen LogP contribution in [-0.2, 0) is 0 Å². The minimum atomic E-state index is 0.674. The Bertz CT molecular complexity index is 1140. The first-order chi connectivity index (χ1) is 15.1. The topological polar surface area (TPSA) is 42.8 Å². The van der Waals surface area contributed by atoms with Gasteiger partial charge in [-0.1, -0.05) is 23.2 Å². The molecule has 4 rings (SSSR count). The van der Waals surface area contributed by atoms with Gasteiger partial charge in [-0.2, -0.15) is 0 Å². The van der Waals surface area contributed by atoms with Crippen LogP contribution >= 0.6 is 23.2 Å². The standard InChI is InChI=1S/C25H18Cl2N2O2/c26-18-1-9-22(10-2-18)30-24-13-5-20(6-14-24)28-17-29-21-7-15-25(16-8-21)31-23-11-3-19(27)4-12-23/h1-17H,(H,28,29). The van der Waals surface area contributed by atoms with E-state index in [1.165, 1.54) is 0 Å². The molecule has 0 aliphatic rings. The molecule has 4 nitrogen and oxygen atoms in total. The van der Waals surface area contributed by atoms with E-state index < -0.39 is 0 Å². The summed E-state index contributed by atoms with van der Waals surface area (Å²) in [7, 11) is 0. The summed E-state index contributed by atoms with van der Waals surface area (Å²) in [6.45, 7) is 0. The SMILES string of the molecule is Clc1ccc(Oc2ccc(N=CNc3ccc(Oc4ccc(Cl)cc4)cc3)cc2)cc1. The number of benzene rings is 4. The van der Waals surface area contributed by atoms with E-state index in [1.807, 2.05) is 72.8 Å². The summed E-state index contributed by atoms with van der Waals surface area (Å²) in [5, 5.41) is 4.49. The first-order valence-corrected chi connectivity index (χ1v) is 10.3. The Balaban J connectivity index is 1.29. The van der Waals surface area contributed by atoms with Gasteiger partial charge in [-0.15, -0.1) is 0 Å². The lowest BCUT2D eigenvalue weighted by atomic mass is 10.3. The first-order valence-electron chi connectivity index (χ1n) is 9.50. The molecule has 0 aliphatic heterocycles. The maximum absolute atomic E-state index is 5.89. The van der Waals surface area contributed by atoms with E-state index in [-0.39, 0.29) is 0 Å². The van der Waals surface area contributed by atoms with Crippen LogP contribution in [0.5, 0.6) is 23.0 Å². The number of hydrogen-bond acceptors (Lipinski definition) is 3. The van der Waals surface area contributed by atoms with Gasteiger partial charge in [0.2, 0.25) is 0 Å². The smallest absolute Gasteiger partial charge is 0.127 e. The number of aliphatic imine (C=N–C) groups is 1. The molecule has 0 amide bonds. The van der Waals surface area contributed by atoms with Gasteiger partial charge >= 0.3 is 0 Å². The molecular formula is C25H18Cl2N2O2. The molecule has 6 heteroatoms. The lowest BCUT2D eigenvalue weighted by molar-refractivity contribution is 0.482. The molecule has 0 radical (unpaired) electrons. The van der Waals surface area contributed by atoms with Crippen molar-refractivity contribution in [3.8, 4) is 23.0 Å². The van der Waals surface area contributed by atoms with Gasteiger partial charge in [-0.05, 0) is 97.1 Å². The molecule has 0 aromatic heterocycles. The van der Waals surface area contributed by atoms with E-state index in [1.54, 1.807) is 30.6 Å². The predicted octanol–water partition coefficient (Wildman–Crippen LogP) is 8.35. The molecule has 4 aromatic carbocycles. The highest BCUT2D eigenvalue weighted by Gasteiger charge is 1.99. The van der Waals surface area contributed by atoms with Crippen molar-refractivity contribution in [3.63, 3.8) is 0 Å². The van der Waals surface area contributed by atoms with Crippen molar-refractivity contribution in [2.75, 3.05) is 5.32 Å². The normalized spacial score (nSPS) is 10.8. The van der Waals surface area contributed by atoms with Crippen LogP contribution in [0, 0.1) is 0 Å². The summed E-state index contributed by atoms with van der Waals surface area (Å²) in [5.41, 5.74) is 1.70. The summed E-state index contributed by atoms with van der Waals surface area (Å²) in [5.74, 6) is 2.92. The first kappa shape index (κ1) is 20.8. The maximum Gasteiger partial charge on any atom is 0.127 e. The number of anilines is 1. The molecule has 0 fully saturated rings. The summed E-state index contributed by atoms with van der Waals surface area (Å²) >= 11 is 11.8. The van der Waals surface area contributed by atoms with Crippen LogP contribution in [0.25, 0.3) is 0 Å². The van der Waals surface area contributed by atoms with Gasteiger partial charge in [0.25, 0.3) is 0 Å². The van der Waals surface area contributed by atoms with Crippen molar-refractivity contribution < 1.29 is 9.47 Å². The molecular weight excluding hydrogens is 431 g/mol. The Morgan fingerprint density at radius 3 is 1.39 bits per heavy atom. The van der Waals surface area contributed by atoms with E-state index in [0.29, 0.717) is 10.0 Å². The van der Waals surface area contributed by atoms with Crippen molar-refractivity contribution in [1.82, 2.24) is 0 Å². The van der Waals surface area contributed by atoms with Gasteiger partial charge in [-0.25, -0.2) is 4.99 Å². The van der Waals surface area contributed by atoms with Crippen molar-refractivity contribution in [2.24, 2.45) is 4.99 Å². The van der Waals surface area contributed by atoms with E-state index in [4.69, 9.17) is 32.7 Å². The fraction of sp³-hybridized carbons (Fsp3) is 0. The highest BCUT2D eigenvalue weighted by Crippen LogP contribution is 2.26. The molecule has 0 heterocycles. The lowest BCUT2D eigenvalue weighted by Gasteiger charge is -2.07. The number of hydrogen-bond donors (Lipinski definition) is 1. The van der Waals surface area contributed by atoms with Crippen LogP contribution in [0.1, 0.15) is 0 Å². The van der Waals surface area contributed by atoms with Gasteiger partial charge in [-0.3, -0.25) is 0 Å². The average molecular weight is 449 g/mol. The molecule has 0 saturated carbocycles. The fourth-order valence-electron chi connectivity index (χ4n) is 2.68. The second kappa shape index (κ2) is 10.0. The molecule has 0 aliphatic carbocycles. The van der Waals surface area contributed by atoms with Gasteiger partial charge in [0.15, 0.2) is 0 Å². The van der Waals surface area contributed by atoms with Crippen molar-refractivity contribution in [1.29, 1.82) is 0 Å². The summed E-state index contributed by atoms with van der Waals surface area (Å²) in [6, 6.07) is 29.6. The molecule has 31 heavy (non-hydrogen) atoms. The Morgan fingerprint density at radius 1 is 0.548 bits per heavy atom. The largest absolute Gasteiger partial charge is 0.457 e. The zero-order valence-electron chi connectivity index (χ0n) is 16.3. The molecule has 1 N–H and O–H groups in total. The number of rotatable bonds is 7. The van der Waals surface area contributed by atoms with Gasteiger partial charge in [0.05, 0.1) is 12.0 Å². The fourth-order valence-corrected chi connectivity index (χ4v) is 2.93. The number of nitrogens with zero attached hydrogens (tertiary/aromatic N) is 1. The Kier molecular flexibility index (Phi) is 6.72. The third-order valence-electron chi connectivity index (χ3n) is 4.23. The third kappa shape index (κ3) is 6.25. The molecule has 0 unspecified atom stereocenters. The molecule has 0 spiro atoms. The molecule has 0 saturated heterocycles. The Labute approximate surface area is 190 Å². The van der Waals surface area contributed by atoms with E-state index in [2.05, 4.69) is 10.3 Å². The van der Waals surface area contributed by atoms with Crippen LogP contribution in [-0.4, -0.2) is 6.34 Å². The van der Waals surface area contributed by atoms with Crippen LogP contribution < -0.4 is 14.8 Å². The number of ether oxygens (including phenoxy) is 2. The van der Waals surface area contributed by atoms with Crippen LogP contribution in [0.4, 0.5) is 11.4 Å². The molecule has 4 aromatic rings. The highest BCUT2D eigenvalue weighted by atomic mass is 35.5. The Morgan fingerprint density at radius 2 is 0.935 bits per heavy atom. The zero-order chi connectivity index (χ0) is 21.5. The number of nitrogens with one attached hydrogen (secondary N) is 1. The predicted molar refractivity (Wildman–Crippen MR) is 128 cm³/mol. The quantitative estimate of drug-likeness (QED) is 0.228. The second-order valence-corrected chi connectivity index (χ2v) is 7.41. The zero-order valence-corrected chi connectivity index (χ0v) is 17.8. The van der Waals surface area contributed by atoms with Crippen molar-refractivity contribution in [2.45, 2.75) is 0 Å². The van der Waals surface area contributed by atoms with E-state index >= 15 is 0 Å². The van der Waals surface area contributed by atoms with Gasteiger partial charge < -0.3 is 14.8 Å².